The van der Waals surface area contributed by atoms with Crippen LogP contribution in [-0.2, 0) is 6.61 Å². The topological polar surface area (TPSA) is 78.6 Å². The monoisotopic (exact) mass is 493 g/mol. The molecule has 1 amide bonds. The Morgan fingerprint density at radius 2 is 1.91 bits per heavy atom. The first-order valence-electron chi connectivity index (χ1n) is 10.5. The third kappa shape index (κ3) is 4.55. The number of carbonyl (C=O) groups is 2. The van der Waals surface area contributed by atoms with Gasteiger partial charge in [-0.3, -0.25) is 9.59 Å². The fourth-order valence-electron chi connectivity index (χ4n) is 3.88. The van der Waals surface area contributed by atoms with E-state index in [2.05, 4.69) is 29.8 Å². The molecule has 0 aromatic heterocycles. The molecule has 0 saturated carbocycles. The lowest BCUT2D eigenvalue weighted by atomic mass is 9.91. The summed E-state index contributed by atoms with van der Waals surface area (Å²) in [4.78, 5) is 24.2. The van der Waals surface area contributed by atoms with E-state index in [1.807, 2.05) is 42.5 Å². The number of hydrogen-bond acceptors (Lipinski definition) is 4. The zero-order valence-electron chi connectivity index (χ0n) is 17.9. The molecule has 0 spiro atoms. The van der Waals surface area contributed by atoms with Gasteiger partial charge in [0, 0.05) is 15.6 Å². The van der Waals surface area contributed by atoms with E-state index in [-0.39, 0.29) is 17.8 Å². The van der Waals surface area contributed by atoms with Gasteiger partial charge in [0.15, 0.2) is 5.78 Å². The van der Waals surface area contributed by atoms with E-state index >= 15 is 0 Å². The van der Waals surface area contributed by atoms with Crippen LogP contribution in [0.1, 0.15) is 69.7 Å². The molecule has 0 aliphatic carbocycles. The molecule has 0 fully saturated rings. The number of amides is 1. The van der Waals surface area contributed by atoms with Crippen molar-refractivity contribution in [2.24, 2.45) is 5.73 Å². The highest BCUT2D eigenvalue weighted by Gasteiger charge is 2.32. The number of fused-ring (bicyclic) bond motifs is 1. The molecule has 4 rings (SSSR count). The Kier molecular flexibility index (Phi) is 6.33. The molecule has 1 aliphatic heterocycles. The van der Waals surface area contributed by atoms with E-state index in [9.17, 15) is 9.59 Å². The second kappa shape index (κ2) is 9.17. The molecule has 0 bridgehead atoms. The molecule has 3 aromatic carbocycles. The van der Waals surface area contributed by atoms with Gasteiger partial charge >= 0.3 is 0 Å². The van der Waals surface area contributed by atoms with Crippen molar-refractivity contribution in [2.75, 3.05) is 0 Å². The molecule has 164 valence electrons. The Bertz CT molecular complexity index is 1170. The van der Waals surface area contributed by atoms with Crippen LogP contribution in [0.5, 0.6) is 11.5 Å². The summed E-state index contributed by atoms with van der Waals surface area (Å²) < 4.78 is 13.5. The van der Waals surface area contributed by atoms with Crippen LogP contribution < -0.4 is 15.2 Å². The van der Waals surface area contributed by atoms with Gasteiger partial charge in [0.1, 0.15) is 24.2 Å². The van der Waals surface area contributed by atoms with Crippen molar-refractivity contribution in [3.8, 4) is 11.5 Å². The number of carbonyl (C=O) groups excluding carboxylic acids is 2. The van der Waals surface area contributed by atoms with Crippen molar-refractivity contribution in [3.63, 3.8) is 0 Å². The minimum Gasteiger partial charge on any atom is -0.488 e. The first kappa shape index (κ1) is 22.1. The highest BCUT2D eigenvalue weighted by Crippen LogP contribution is 2.44. The Labute approximate surface area is 195 Å². The van der Waals surface area contributed by atoms with Gasteiger partial charge in [0.25, 0.3) is 0 Å². The van der Waals surface area contributed by atoms with Crippen LogP contribution in [0.15, 0.2) is 65.1 Å². The minimum absolute atomic E-state index is 0.0618. The van der Waals surface area contributed by atoms with Crippen LogP contribution >= 0.6 is 15.9 Å². The average Bonchev–Trinajstić information content (AvgIpc) is 2.77. The molecule has 32 heavy (non-hydrogen) atoms. The fourth-order valence-corrected chi connectivity index (χ4v) is 4.30. The molecule has 3 aromatic rings. The lowest BCUT2D eigenvalue weighted by molar-refractivity contribution is 0.0845. The van der Waals surface area contributed by atoms with Gasteiger partial charge in [-0.25, -0.2) is 0 Å². The quantitative estimate of drug-likeness (QED) is 0.459. The molecular weight excluding hydrogens is 470 g/mol. The van der Waals surface area contributed by atoms with Crippen molar-refractivity contribution in [2.45, 2.75) is 38.9 Å². The molecule has 2 N–H and O–H groups in total. The number of Topliss-reactive ketones (excluding diaryl/α,β-unsaturated/α-hetero) is 1. The predicted molar refractivity (Wildman–Crippen MR) is 126 cm³/mol. The third-order valence-electron chi connectivity index (χ3n) is 5.52. The second-order valence-corrected chi connectivity index (χ2v) is 9.06. The lowest BCUT2D eigenvalue weighted by Gasteiger charge is -2.29. The number of primary amides is 1. The van der Waals surface area contributed by atoms with Gasteiger partial charge in [-0.15, -0.1) is 0 Å². The maximum Gasteiger partial charge on any atom is 0.248 e. The fraction of sp³-hybridized carbons (Fsp3) is 0.231. The van der Waals surface area contributed by atoms with Crippen LogP contribution in [0.3, 0.4) is 0 Å². The Balaban J connectivity index is 1.63. The maximum absolute atomic E-state index is 12.9. The summed E-state index contributed by atoms with van der Waals surface area (Å²) in [5.41, 5.74) is 9.10. The van der Waals surface area contributed by atoms with Crippen LogP contribution in [0.2, 0.25) is 0 Å². The zero-order chi connectivity index (χ0) is 22.8. The highest BCUT2D eigenvalue weighted by atomic mass is 79.9. The van der Waals surface area contributed by atoms with Crippen molar-refractivity contribution in [3.05, 3.63) is 93.0 Å². The predicted octanol–water partition coefficient (Wildman–Crippen LogP) is 5.96. The molecule has 5 nitrogen and oxygen atoms in total. The van der Waals surface area contributed by atoms with E-state index in [0.29, 0.717) is 35.7 Å². The van der Waals surface area contributed by atoms with E-state index in [4.69, 9.17) is 15.2 Å². The van der Waals surface area contributed by atoms with Crippen molar-refractivity contribution in [1.29, 1.82) is 0 Å². The van der Waals surface area contributed by atoms with Gasteiger partial charge in [0.2, 0.25) is 5.91 Å². The van der Waals surface area contributed by atoms with Gasteiger partial charge in [-0.1, -0.05) is 54.0 Å². The molecule has 1 unspecified atom stereocenters. The molecule has 1 atom stereocenters. The average molecular weight is 494 g/mol. The summed E-state index contributed by atoms with van der Waals surface area (Å²) in [6.07, 6.45) is -0.0467. The number of halogens is 1. The largest absolute Gasteiger partial charge is 0.488 e. The number of ketones is 1. The standard InChI is InChI=1S/C26H24BrNO4/c1-15(2)24-22(31-14-16-6-8-17(9-7-16)26(28)30)11-10-20-21(29)13-23(32-25(20)24)18-4-3-5-19(27)12-18/h3-12,15,23H,13-14H2,1-2H3,(H2,28,30). The summed E-state index contributed by atoms with van der Waals surface area (Å²) in [7, 11) is 0. The first-order chi connectivity index (χ1) is 15.3. The van der Waals surface area contributed by atoms with Gasteiger partial charge in [-0.2, -0.15) is 0 Å². The second-order valence-electron chi connectivity index (χ2n) is 8.15. The van der Waals surface area contributed by atoms with Crippen LogP contribution in [-0.4, -0.2) is 11.7 Å². The summed E-state index contributed by atoms with van der Waals surface area (Å²) in [5, 5.41) is 0. The number of ether oxygens (including phenoxy) is 2. The molecule has 1 heterocycles. The minimum atomic E-state index is -0.462. The molecule has 0 saturated heterocycles. The SMILES string of the molecule is CC(C)c1c(OCc2ccc(C(N)=O)cc2)ccc2c1OC(c1cccc(Br)c1)CC2=O. The summed E-state index contributed by atoms with van der Waals surface area (Å²) >= 11 is 3.49. The number of nitrogens with two attached hydrogens (primary N) is 1. The summed E-state index contributed by atoms with van der Waals surface area (Å²) in [6, 6.07) is 18.5. The van der Waals surface area contributed by atoms with Crippen molar-refractivity contribution in [1.82, 2.24) is 0 Å². The van der Waals surface area contributed by atoms with Gasteiger partial charge in [0.05, 0.1) is 12.0 Å². The first-order valence-corrected chi connectivity index (χ1v) is 11.3. The smallest absolute Gasteiger partial charge is 0.248 e. The normalized spacial score (nSPS) is 15.2. The number of hydrogen-bond donors (Lipinski definition) is 1. The van der Waals surface area contributed by atoms with Crippen molar-refractivity contribution >= 4 is 27.6 Å². The van der Waals surface area contributed by atoms with Crippen LogP contribution in [0.25, 0.3) is 0 Å². The lowest BCUT2D eigenvalue weighted by Crippen LogP contribution is -2.22. The van der Waals surface area contributed by atoms with Crippen LogP contribution in [0.4, 0.5) is 0 Å². The van der Waals surface area contributed by atoms with Gasteiger partial charge in [-0.05, 0) is 53.4 Å². The Morgan fingerprint density at radius 3 is 2.56 bits per heavy atom. The highest BCUT2D eigenvalue weighted by molar-refractivity contribution is 9.10. The van der Waals surface area contributed by atoms with E-state index < -0.39 is 5.91 Å². The molecular formula is C26H24BrNO4. The van der Waals surface area contributed by atoms with E-state index in [1.54, 1.807) is 18.2 Å². The zero-order valence-corrected chi connectivity index (χ0v) is 19.5. The summed E-state index contributed by atoms with van der Waals surface area (Å²) in [6.45, 7) is 4.43. The molecule has 6 heteroatoms. The van der Waals surface area contributed by atoms with E-state index in [0.717, 1.165) is 21.2 Å². The van der Waals surface area contributed by atoms with Gasteiger partial charge < -0.3 is 15.2 Å². The summed E-state index contributed by atoms with van der Waals surface area (Å²) in [5.74, 6) is 0.970. The maximum atomic E-state index is 12.9. The van der Waals surface area contributed by atoms with E-state index in [1.165, 1.54) is 0 Å². The Morgan fingerprint density at radius 1 is 1.16 bits per heavy atom. The van der Waals surface area contributed by atoms with Crippen molar-refractivity contribution < 1.29 is 19.1 Å². The Hall–Kier alpha value is -3.12. The molecule has 1 aliphatic rings. The number of benzene rings is 3. The molecule has 0 radical (unpaired) electrons. The number of rotatable bonds is 6. The van der Waals surface area contributed by atoms with Crippen LogP contribution in [0, 0.1) is 0 Å². The third-order valence-corrected chi connectivity index (χ3v) is 6.01.